The van der Waals surface area contributed by atoms with Gasteiger partial charge in [-0.2, -0.15) is 5.10 Å². The van der Waals surface area contributed by atoms with Crippen LogP contribution in [0.25, 0.3) is 0 Å². The molecule has 1 aromatic heterocycles. The highest BCUT2D eigenvalue weighted by molar-refractivity contribution is 5.26. The third kappa shape index (κ3) is 1.48. The molecule has 2 rings (SSSR count). The Kier molecular flexibility index (Phi) is 2.36. The third-order valence-corrected chi connectivity index (χ3v) is 3.09. The Morgan fingerprint density at radius 1 is 1.46 bits per heavy atom. The number of aromatic amines is 1. The van der Waals surface area contributed by atoms with Crippen LogP contribution in [0.15, 0.2) is 0 Å². The van der Waals surface area contributed by atoms with Gasteiger partial charge in [-0.15, -0.1) is 0 Å². The minimum absolute atomic E-state index is 0.575. The van der Waals surface area contributed by atoms with Crippen molar-refractivity contribution in [3.8, 4) is 0 Å². The maximum Gasteiger partial charge on any atom is 0.0685 e. The van der Waals surface area contributed by atoms with Gasteiger partial charge < -0.3 is 5.73 Å². The molecule has 1 saturated carbocycles. The Morgan fingerprint density at radius 2 is 2.15 bits per heavy atom. The largest absolute Gasteiger partial charge is 0.325 e. The van der Waals surface area contributed by atoms with E-state index in [4.69, 9.17) is 5.73 Å². The summed E-state index contributed by atoms with van der Waals surface area (Å²) < 4.78 is 0. The van der Waals surface area contributed by atoms with Crippen molar-refractivity contribution in [2.75, 3.05) is 0 Å². The SMILES string of the molecule is Cc1c(C2CCCC2)n[nH]c1CN. The number of nitrogens with one attached hydrogen (secondary N) is 1. The van der Waals surface area contributed by atoms with E-state index in [0.29, 0.717) is 12.5 Å². The number of nitrogens with two attached hydrogens (primary N) is 1. The molecule has 3 nitrogen and oxygen atoms in total. The second kappa shape index (κ2) is 3.50. The van der Waals surface area contributed by atoms with Crippen molar-refractivity contribution in [3.63, 3.8) is 0 Å². The lowest BCUT2D eigenvalue weighted by molar-refractivity contribution is 0.688. The molecular weight excluding hydrogens is 162 g/mol. The molecule has 0 unspecified atom stereocenters. The van der Waals surface area contributed by atoms with E-state index in [1.54, 1.807) is 0 Å². The van der Waals surface area contributed by atoms with E-state index in [1.807, 2.05) is 0 Å². The molecule has 0 bridgehead atoms. The summed E-state index contributed by atoms with van der Waals surface area (Å²) in [7, 11) is 0. The molecule has 3 heteroatoms. The van der Waals surface area contributed by atoms with E-state index in [9.17, 15) is 0 Å². The molecule has 0 aliphatic heterocycles. The Bertz CT molecular complexity index is 284. The van der Waals surface area contributed by atoms with Gasteiger partial charge in [0, 0.05) is 12.5 Å². The fraction of sp³-hybridized carbons (Fsp3) is 0.700. The molecule has 1 aromatic rings. The molecule has 1 fully saturated rings. The van der Waals surface area contributed by atoms with Crippen molar-refractivity contribution in [1.29, 1.82) is 0 Å². The van der Waals surface area contributed by atoms with Crippen LogP contribution < -0.4 is 5.73 Å². The molecule has 1 aliphatic rings. The number of H-pyrrole nitrogens is 1. The maximum absolute atomic E-state index is 5.59. The lowest BCUT2D eigenvalue weighted by Gasteiger charge is -2.05. The fourth-order valence-corrected chi connectivity index (χ4v) is 2.25. The fourth-order valence-electron chi connectivity index (χ4n) is 2.25. The molecule has 13 heavy (non-hydrogen) atoms. The van der Waals surface area contributed by atoms with Crippen LogP contribution in [0.3, 0.4) is 0 Å². The number of nitrogens with zero attached hydrogens (tertiary/aromatic N) is 1. The summed E-state index contributed by atoms with van der Waals surface area (Å²) in [6.45, 7) is 2.70. The van der Waals surface area contributed by atoms with E-state index < -0.39 is 0 Å². The number of hydrogen-bond acceptors (Lipinski definition) is 2. The summed E-state index contributed by atoms with van der Waals surface area (Å²) in [5.74, 6) is 0.691. The molecule has 0 spiro atoms. The van der Waals surface area contributed by atoms with Crippen LogP contribution in [-0.2, 0) is 6.54 Å². The van der Waals surface area contributed by atoms with Gasteiger partial charge in [0.05, 0.1) is 11.4 Å². The molecule has 72 valence electrons. The molecule has 0 atom stereocenters. The second-order valence-corrected chi connectivity index (χ2v) is 3.90. The number of rotatable bonds is 2. The standard InChI is InChI=1S/C10H17N3/c1-7-9(6-11)12-13-10(7)8-4-2-3-5-8/h8H,2-6,11H2,1H3,(H,12,13). The number of hydrogen-bond donors (Lipinski definition) is 2. The first-order valence-electron chi connectivity index (χ1n) is 5.06. The van der Waals surface area contributed by atoms with Gasteiger partial charge in [0.2, 0.25) is 0 Å². The van der Waals surface area contributed by atoms with Gasteiger partial charge in [-0.1, -0.05) is 12.8 Å². The van der Waals surface area contributed by atoms with Gasteiger partial charge in [-0.3, -0.25) is 5.10 Å². The average Bonchev–Trinajstić information content (AvgIpc) is 2.72. The third-order valence-electron chi connectivity index (χ3n) is 3.09. The summed E-state index contributed by atoms with van der Waals surface area (Å²) in [4.78, 5) is 0. The van der Waals surface area contributed by atoms with Crippen LogP contribution in [0.5, 0.6) is 0 Å². The van der Waals surface area contributed by atoms with Crippen LogP contribution in [0.2, 0.25) is 0 Å². The lowest BCUT2D eigenvalue weighted by Crippen LogP contribution is -1.99. The zero-order valence-electron chi connectivity index (χ0n) is 8.14. The van der Waals surface area contributed by atoms with Gasteiger partial charge in [0.1, 0.15) is 0 Å². The van der Waals surface area contributed by atoms with Crippen molar-refractivity contribution >= 4 is 0 Å². The first kappa shape index (κ1) is 8.75. The van der Waals surface area contributed by atoms with E-state index in [2.05, 4.69) is 17.1 Å². The highest BCUT2D eigenvalue weighted by Gasteiger charge is 2.22. The molecule has 1 aliphatic carbocycles. The normalized spacial score (nSPS) is 18.3. The molecule has 1 heterocycles. The van der Waals surface area contributed by atoms with Crippen LogP contribution in [-0.4, -0.2) is 10.2 Å². The quantitative estimate of drug-likeness (QED) is 0.727. The highest BCUT2D eigenvalue weighted by atomic mass is 15.1. The summed E-state index contributed by atoms with van der Waals surface area (Å²) in [6.07, 6.45) is 5.31. The van der Waals surface area contributed by atoms with Crippen LogP contribution in [0.4, 0.5) is 0 Å². The maximum atomic E-state index is 5.59. The lowest BCUT2D eigenvalue weighted by atomic mass is 10.00. The van der Waals surface area contributed by atoms with Crippen LogP contribution in [0, 0.1) is 6.92 Å². The molecule has 0 amide bonds. The summed E-state index contributed by atoms with van der Waals surface area (Å²) >= 11 is 0. The van der Waals surface area contributed by atoms with Gasteiger partial charge in [0.15, 0.2) is 0 Å². The van der Waals surface area contributed by atoms with Gasteiger partial charge >= 0.3 is 0 Å². The van der Waals surface area contributed by atoms with Crippen molar-refractivity contribution in [1.82, 2.24) is 10.2 Å². The van der Waals surface area contributed by atoms with Crippen molar-refractivity contribution in [2.24, 2.45) is 5.73 Å². The molecular formula is C10H17N3. The zero-order valence-corrected chi connectivity index (χ0v) is 8.14. The van der Waals surface area contributed by atoms with E-state index >= 15 is 0 Å². The minimum Gasteiger partial charge on any atom is -0.325 e. The topological polar surface area (TPSA) is 54.7 Å². The smallest absolute Gasteiger partial charge is 0.0685 e. The Hall–Kier alpha value is -0.830. The van der Waals surface area contributed by atoms with E-state index in [0.717, 1.165) is 5.69 Å². The average molecular weight is 179 g/mol. The zero-order chi connectivity index (χ0) is 9.26. The summed E-state index contributed by atoms with van der Waals surface area (Å²) in [5, 5.41) is 7.39. The Balaban J connectivity index is 2.24. The highest BCUT2D eigenvalue weighted by Crippen LogP contribution is 2.34. The predicted molar refractivity (Wildman–Crippen MR) is 52.4 cm³/mol. The Morgan fingerprint density at radius 3 is 2.69 bits per heavy atom. The second-order valence-electron chi connectivity index (χ2n) is 3.90. The van der Waals surface area contributed by atoms with Gasteiger partial charge in [0.25, 0.3) is 0 Å². The molecule has 0 aromatic carbocycles. The molecule has 3 N–H and O–H groups in total. The first-order chi connectivity index (χ1) is 6.33. The monoisotopic (exact) mass is 179 g/mol. The van der Waals surface area contributed by atoms with Crippen molar-refractivity contribution in [2.45, 2.75) is 45.1 Å². The van der Waals surface area contributed by atoms with Crippen molar-refractivity contribution in [3.05, 3.63) is 17.0 Å². The van der Waals surface area contributed by atoms with Gasteiger partial charge in [-0.05, 0) is 25.3 Å². The van der Waals surface area contributed by atoms with E-state index in [1.165, 1.54) is 36.9 Å². The predicted octanol–water partition coefficient (Wildman–Crippen LogP) is 1.83. The first-order valence-corrected chi connectivity index (χ1v) is 5.06. The summed E-state index contributed by atoms with van der Waals surface area (Å²) in [5.41, 5.74) is 9.24. The van der Waals surface area contributed by atoms with Gasteiger partial charge in [-0.25, -0.2) is 0 Å². The molecule has 0 saturated heterocycles. The number of aromatic nitrogens is 2. The molecule has 0 radical (unpaired) electrons. The van der Waals surface area contributed by atoms with E-state index in [-0.39, 0.29) is 0 Å². The van der Waals surface area contributed by atoms with Crippen LogP contribution >= 0.6 is 0 Å². The summed E-state index contributed by atoms with van der Waals surface area (Å²) in [6, 6.07) is 0. The Labute approximate surface area is 78.7 Å². The minimum atomic E-state index is 0.575. The van der Waals surface area contributed by atoms with Crippen LogP contribution in [0.1, 0.15) is 48.6 Å². The van der Waals surface area contributed by atoms with Crippen molar-refractivity contribution < 1.29 is 0 Å².